The maximum Gasteiger partial charge on any atom is 0.335 e. The number of carboxylic acids is 1. The lowest BCUT2D eigenvalue weighted by Gasteiger charge is -2.20. The molecule has 5 rings (SSSR count). The summed E-state index contributed by atoms with van der Waals surface area (Å²) in [4.78, 5) is 30.6. The van der Waals surface area contributed by atoms with Crippen molar-refractivity contribution in [1.29, 1.82) is 0 Å². The first kappa shape index (κ1) is 24.2. The quantitative estimate of drug-likeness (QED) is 0.325. The van der Waals surface area contributed by atoms with E-state index < -0.39 is 5.97 Å². The van der Waals surface area contributed by atoms with Gasteiger partial charge in [0.1, 0.15) is 11.5 Å². The maximum absolute atomic E-state index is 12.8. The summed E-state index contributed by atoms with van der Waals surface area (Å²) in [6.07, 6.45) is 0.447. The molecule has 1 saturated heterocycles. The van der Waals surface area contributed by atoms with Crippen LogP contribution in [0.15, 0.2) is 77.3 Å². The summed E-state index contributed by atoms with van der Waals surface area (Å²) in [5.74, 6) is 1.27. The number of hydrogen-bond acceptors (Lipinski definition) is 6. The van der Waals surface area contributed by atoms with Crippen molar-refractivity contribution in [2.24, 2.45) is 0 Å². The van der Waals surface area contributed by atoms with Gasteiger partial charge in [0.15, 0.2) is 5.82 Å². The molecule has 1 fully saturated rings. The second kappa shape index (κ2) is 10.3. The Morgan fingerprint density at radius 2 is 1.86 bits per heavy atom. The number of carbonyl (C=O) groups is 2. The molecule has 1 aromatic heterocycles. The highest BCUT2D eigenvalue weighted by molar-refractivity contribution is 5.88. The molecule has 188 valence electrons. The number of ether oxygens (including phenoxy) is 1. The average Bonchev–Trinajstić information content (AvgIpc) is 3.54. The van der Waals surface area contributed by atoms with Gasteiger partial charge in [-0.05, 0) is 42.0 Å². The van der Waals surface area contributed by atoms with Crippen LogP contribution in [0.5, 0.6) is 11.5 Å². The van der Waals surface area contributed by atoms with Crippen molar-refractivity contribution in [3.8, 4) is 23.0 Å². The number of aromatic carboxylic acids is 1. The second-order valence-corrected chi connectivity index (χ2v) is 9.45. The number of carbonyl (C=O) groups excluding carboxylic acids is 1. The Bertz CT molecular complexity index is 1410. The summed E-state index contributed by atoms with van der Waals surface area (Å²) < 4.78 is 11.5. The lowest BCUT2D eigenvalue weighted by molar-refractivity contribution is -0.128. The second-order valence-electron chi connectivity index (χ2n) is 9.45. The number of amides is 1. The lowest BCUT2D eigenvalue weighted by atomic mass is 9.98. The van der Waals surface area contributed by atoms with Crippen LogP contribution in [0.1, 0.15) is 59.4 Å². The molecule has 1 N–H and O–H groups in total. The Kier molecular flexibility index (Phi) is 6.72. The minimum atomic E-state index is -1.05. The van der Waals surface area contributed by atoms with Gasteiger partial charge < -0.3 is 19.3 Å². The molecule has 1 aliphatic heterocycles. The van der Waals surface area contributed by atoms with Gasteiger partial charge in [0.2, 0.25) is 5.91 Å². The molecule has 0 saturated carbocycles. The monoisotopic (exact) mass is 497 g/mol. The first-order valence-corrected chi connectivity index (χ1v) is 12.2. The smallest absolute Gasteiger partial charge is 0.335 e. The molecular weight excluding hydrogens is 470 g/mol. The summed E-state index contributed by atoms with van der Waals surface area (Å²) in [6, 6.07) is 21.9. The average molecular weight is 498 g/mol. The summed E-state index contributed by atoms with van der Waals surface area (Å²) in [5.41, 5.74) is 2.73. The number of aromatic nitrogens is 2. The molecule has 3 aromatic carbocycles. The van der Waals surface area contributed by atoms with E-state index >= 15 is 0 Å². The van der Waals surface area contributed by atoms with Crippen molar-refractivity contribution in [3.63, 3.8) is 0 Å². The molecule has 0 spiro atoms. The zero-order chi connectivity index (χ0) is 25.9. The third kappa shape index (κ3) is 5.38. The molecule has 0 radical (unpaired) electrons. The molecule has 37 heavy (non-hydrogen) atoms. The normalized spacial score (nSPS) is 15.4. The molecule has 2 heterocycles. The van der Waals surface area contributed by atoms with E-state index in [0.717, 1.165) is 16.7 Å². The largest absolute Gasteiger partial charge is 0.478 e. The van der Waals surface area contributed by atoms with Crippen LogP contribution in [0, 0.1) is 0 Å². The van der Waals surface area contributed by atoms with Gasteiger partial charge >= 0.3 is 5.97 Å². The fraction of sp³-hybridized carbons (Fsp3) is 0.241. The van der Waals surface area contributed by atoms with E-state index in [1.54, 1.807) is 23.1 Å². The first-order valence-electron chi connectivity index (χ1n) is 12.2. The Hall–Kier alpha value is -4.46. The Morgan fingerprint density at radius 3 is 2.54 bits per heavy atom. The number of benzene rings is 3. The zero-order valence-electron chi connectivity index (χ0n) is 20.6. The van der Waals surface area contributed by atoms with Crippen LogP contribution in [-0.4, -0.2) is 38.6 Å². The minimum Gasteiger partial charge on any atom is -0.478 e. The number of likely N-dealkylation sites (tertiary alicyclic amines) is 1. The summed E-state index contributed by atoms with van der Waals surface area (Å²) >= 11 is 0. The minimum absolute atomic E-state index is 0.0618. The lowest BCUT2D eigenvalue weighted by Crippen LogP contribution is -2.24. The molecule has 1 aliphatic rings. The van der Waals surface area contributed by atoms with Gasteiger partial charge in [-0.25, -0.2) is 4.79 Å². The Labute approximate surface area is 214 Å². The number of rotatable bonds is 8. The van der Waals surface area contributed by atoms with E-state index in [1.165, 1.54) is 12.1 Å². The van der Waals surface area contributed by atoms with Crippen LogP contribution < -0.4 is 4.74 Å². The van der Waals surface area contributed by atoms with Crippen LogP contribution in [0.4, 0.5) is 0 Å². The van der Waals surface area contributed by atoms with E-state index in [0.29, 0.717) is 42.7 Å². The van der Waals surface area contributed by atoms with Crippen LogP contribution in [0.25, 0.3) is 11.5 Å². The molecule has 0 aliphatic carbocycles. The van der Waals surface area contributed by atoms with Crippen LogP contribution in [0.3, 0.4) is 0 Å². The van der Waals surface area contributed by atoms with Gasteiger partial charge in [0, 0.05) is 42.5 Å². The molecular formula is C29H27N3O5. The van der Waals surface area contributed by atoms with Crippen molar-refractivity contribution in [1.82, 2.24) is 15.0 Å². The van der Waals surface area contributed by atoms with Crippen molar-refractivity contribution >= 4 is 11.9 Å². The molecule has 1 amide bonds. The van der Waals surface area contributed by atoms with Crippen molar-refractivity contribution < 1.29 is 24.0 Å². The van der Waals surface area contributed by atoms with Crippen molar-refractivity contribution in [3.05, 3.63) is 95.3 Å². The topological polar surface area (TPSA) is 106 Å². The highest BCUT2D eigenvalue weighted by Crippen LogP contribution is 2.33. The third-order valence-electron chi connectivity index (χ3n) is 6.45. The van der Waals surface area contributed by atoms with Crippen LogP contribution in [0.2, 0.25) is 0 Å². The number of nitrogens with zero attached hydrogens (tertiary/aromatic N) is 3. The fourth-order valence-corrected chi connectivity index (χ4v) is 4.37. The van der Waals surface area contributed by atoms with Gasteiger partial charge in [-0.1, -0.05) is 55.4 Å². The van der Waals surface area contributed by atoms with Crippen LogP contribution in [-0.2, 0) is 11.3 Å². The molecule has 1 atom stereocenters. The molecule has 0 bridgehead atoms. The molecule has 1 unspecified atom stereocenters. The Morgan fingerprint density at radius 1 is 1.11 bits per heavy atom. The van der Waals surface area contributed by atoms with Crippen molar-refractivity contribution in [2.75, 3.05) is 6.54 Å². The summed E-state index contributed by atoms with van der Waals surface area (Å²) in [7, 11) is 0. The van der Waals surface area contributed by atoms with Gasteiger partial charge in [0.05, 0.1) is 5.56 Å². The summed E-state index contributed by atoms with van der Waals surface area (Å²) in [6.45, 7) is 4.91. The number of carboxylic acid groups (broad SMARTS) is 1. The Balaban J connectivity index is 1.36. The van der Waals surface area contributed by atoms with Gasteiger partial charge in [-0.2, -0.15) is 4.98 Å². The molecule has 8 heteroatoms. The maximum atomic E-state index is 12.8. The van der Waals surface area contributed by atoms with E-state index in [1.807, 2.05) is 56.3 Å². The fourth-order valence-electron chi connectivity index (χ4n) is 4.37. The van der Waals surface area contributed by atoms with Gasteiger partial charge in [-0.3, -0.25) is 4.79 Å². The van der Waals surface area contributed by atoms with Crippen molar-refractivity contribution in [2.45, 2.75) is 38.6 Å². The van der Waals surface area contributed by atoms with E-state index in [-0.39, 0.29) is 23.3 Å². The van der Waals surface area contributed by atoms with E-state index in [9.17, 15) is 14.7 Å². The van der Waals surface area contributed by atoms with E-state index in [2.05, 4.69) is 10.1 Å². The third-order valence-corrected chi connectivity index (χ3v) is 6.45. The van der Waals surface area contributed by atoms with E-state index in [4.69, 9.17) is 9.26 Å². The molecule has 8 nitrogen and oxygen atoms in total. The number of hydrogen-bond donors (Lipinski definition) is 1. The van der Waals surface area contributed by atoms with Gasteiger partial charge in [0.25, 0.3) is 5.89 Å². The van der Waals surface area contributed by atoms with Crippen LogP contribution >= 0.6 is 0 Å². The SMILES string of the molecule is CC(C)c1noc(-c2ccc(Oc3cc(C(=O)O)ccc3CN3CC(c4ccccc4)CC3=O)cc2)n1. The molecule has 4 aromatic rings. The zero-order valence-corrected chi connectivity index (χ0v) is 20.6. The highest BCUT2D eigenvalue weighted by atomic mass is 16.5. The van der Waals surface area contributed by atoms with Gasteiger partial charge in [-0.15, -0.1) is 0 Å². The summed E-state index contributed by atoms with van der Waals surface area (Å²) in [5, 5.41) is 13.5. The highest BCUT2D eigenvalue weighted by Gasteiger charge is 2.31. The standard InChI is InChI=1S/C29H27N3O5/c1-18(2)27-30-28(37-31-27)20-10-12-24(13-11-20)36-25-14-21(29(34)35)8-9-22(25)16-32-17-23(15-26(32)33)19-6-4-3-5-7-19/h3-14,18,23H,15-17H2,1-2H3,(H,34,35). The first-order chi connectivity index (χ1) is 17.9. The predicted molar refractivity (Wildman–Crippen MR) is 137 cm³/mol. The predicted octanol–water partition coefficient (Wildman–Crippen LogP) is 5.87.